The molecular weight excluding hydrogens is 252 g/mol. The van der Waals surface area contributed by atoms with Crippen LogP contribution in [-0.2, 0) is 5.88 Å². The highest BCUT2D eigenvalue weighted by Crippen LogP contribution is 2.46. The lowest BCUT2D eigenvalue weighted by atomic mass is 9.71. The third-order valence-electron chi connectivity index (χ3n) is 5.05. The summed E-state index contributed by atoms with van der Waals surface area (Å²) < 4.78 is 2.28. The molecule has 1 aliphatic heterocycles. The van der Waals surface area contributed by atoms with Crippen LogP contribution in [0.1, 0.15) is 42.7 Å². The molecule has 3 atom stereocenters. The molecule has 3 heteroatoms. The van der Waals surface area contributed by atoms with E-state index in [1.807, 2.05) is 0 Å². The Balaban J connectivity index is 2.01. The summed E-state index contributed by atoms with van der Waals surface area (Å²) in [5.41, 5.74) is 4.43. The minimum Gasteiger partial charge on any atom is -0.338 e. The summed E-state index contributed by atoms with van der Waals surface area (Å²) in [4.78, 5) is 0. The number of thiol groups is 1. The molecule has 0 saturated carbocycles. The van der Waals surface area contributed by atoms with E-state index in [4.69, 9.17) is 0 Å². The van der Waals surface area contributed by atoms with Gasteiger partial charge >= 0.3 is 0 Å². The Morgan fingerprint density at radius 1 is 1.37 bits per heavy atom. The van der Waals surface area contributed by atoms with Gasteiger partial charge in [0.1, 0.15) is 0 Å². The monoisotopic (exact) mass is 272 g/mol. The maximum absolute atomic E-state index is 4.47. The molecule has 1 saturated heterocycles. The molecule has 2 nitrogen and oxygen atoms in total. The second kappa shape index (κ2) is 4.29. The van der Waals surface area contributed by atoms with Gasteiger partial charge < -0.3 is 9.88 Å². The molecule has 2 aliphatic rings. The highest BCUT2D eigenvalue weighted by atomic mass is 32.1. The lowest BCUT2D eigenvalue weighted by Crippen LogP contribution is -2.45. The molecule has 1 aliphatic carbocycles. The lowest BCUT2D eigenvalue weighted by Gasteiger charge is -2.40. The minimum atomic E-state index is 0.601. The van der Waals surface area contributed by atoms with Crippen LogP contribution in [0.3, 0.4) is 0 Å². The number of piperidine rings is 1. The fourth-order valence-corrected chi connectivity index (χ4v) is 4.40. The van der Waals surface area contributed by atoms with E-state index < -0.39 is 0 Å². The molecule has 3 unspecified atom stereocenters. The van der Waals surface area contributed by atoms with Gasteiger partial charge in [0.05, 0.1) is 5.88 Å². The van der Waals surface area contributed by atoms with Crippen molar-refractivity contribution in [2.45, 2.75) is 43.5 Å². The summed E-state index contributed by atoms with van der Waals surface area (Å²) in [7, 11) is 0. The number of rotatable bonds is 1. The van der Waals surface area contributed by atoms with Crippen molar-refractivity contribution in [2.24, 2.45) is 0 Å². The van der Waals surface area contributed by atoms with E-state index >= 15 is 0 Å². The molecular formula is C16H20N2S. The molecule has 0 amide bonds. The fourth-order valence-electron chi connectivity index (χ4n) is 4.16. The Morgan fingerprint density at radius 2 is 2.26 bits per heavy atom. The van der Waals surface area contributed by atoms with Crippen LogP contribution in [0.4, 0.5) is 0 Å². The number of benzene rings is 1. The van der Waals surface area contributed by atoms with E-state index in [-0.39, 0.29) is 0 Å². The van der Waals surface area contributed by atoms with Gasteiger partial charge in [0.15, 0.2) is 0 Å². The van der Waals surface area contributed by atoms with E-state index in [2.05, 4.69) is 53.8 Å². The molecule has 0 spiro atoms. The molecule has 19 heavy (non-hydrogen) atoms. The zero-order valence-corrected chi connectivity index (χ0v) is 12.2. The summed E-state index contributed by atoms with van der Waals surface area (Å²) in [5.74, 6) is 2.05. The lowest BCUT2D eigenvalue weighted by molar-refractivity contribution is 0.312. The van der Waals surface area contributed by atoms with Gasteiger partial charge in [-0.2, -0.15) is 12.6 Å². The topological polar surface area (TPSA) is 17.0 Å². The van der Waals surface area contributed by atoms with Crippen molar-refractivity contribution in [3.63, 3.8) is 0 Å². The number of aromatic nitrogens is 1. The molecule has 1 fully saturated rings. The van der Waals surface area contributed by atoms with Crippen molar-refractivity contribution in [3.05, 3.63) is 35.5 Å². The van der Waals surface area contributed by atoms with Crippen LogP contribution in [0.25, 0.3) is 10.9 Å². The fraction of sp³-hybridized carbons (Fsp3) is 0.500. The largest absolute Gasteiger partial charge is 0.338 e. The third kappa shape index (κ3) is 1.55. The number of hydrogen-bond acceptors (Lipinski definition) is 2. The molecule has 4 rings (SSSR count). The molecule has 1 N–H and O–H groups in total. The van der Waals surface area contributed by atoms with Gasteiger partial charge in [0, 0.05) is 29.1 Å². The Labute approximate surface area is 119 Å². The van der Waals surface area contributed by atoms with E-state index in [9.17, 15) is 0 Å². The van der Waals surface area contributed by atoms with Crippen molar-refractivity contribution in [1.82, 2.24) is 9.88 Å². The summed E-state index contributed by atoms with van der Waals surface area (Å²) in [6.45, 7) is 3.55. The molecule has 1 aromatic carbocycles. The Hall–Kier alpha value is -0.930. The third-order valence-corrected chi connectivity index (χ3v) is 5.36. The minimum absolute atomic E-state index is 0.601. The van der Waals surface area contributed by atoms with Gasteiger partial charge in [-0.1, -0.05) is 19.1 Å². The molecule has 2 heterocycles. The van der Waals surface area contributed by atoms with Gasteiger partial charge in [0.25, 0.3) is 0 Å². The maximum Gasteiger partial charge on any atom is 0.0653 e. The highest BCUT2D eigenvalue weighted by Gasteiger charge is 2.37. The molecule has 0 bridgehead atoms. The second-order valence-electron chi connectivity index (χ2n) is 5.95. The SMILES string of the molecule is CC1c2cn(CS)c3cccc(c23)C2CCCNC12. The number of nitrogens with zero attached hydrogens (tertiary/aromatic N) is 1. The summed E-state index contributed by atoms with van der Waals surface area (Å²) >= 11 is 4.47. The van der Waals surface area contributed by atoms with Gasteiger partial charge in [0.2, 0.25) is 0 Å². The van der Waals surface area contributed by atoms with Crippen LogP contribution >= 0.6 is 12.6 Å². The van der Waals surface area contributed by atoms with Crippen LogP contribution in [0.2, 0.25) is 0 Å². The first-order valence-electron chi connectivity index (χ1n) is 7.27. The Bertz CT molecular complexity index is 631. The first-order chi connectivity index (χ1) is 9.31. The summed E-state index contributed by atoms with van der Waals surface area (Å²) in [6.07, 6.45) is 4.94. The number of hydrogen-bond donors (Lipinski definition) is 2. The first-order valence-corrected chi connectivity index (χ1v) is 7.90. The zero-order chi connectivity index (χ0) is 13.0. The predicted octanol–water partition coefficient (Wildman–Crippen LogP) is 3.48. The van der Waals surface area contributed by atoms with Gasteiger partial charge in [-0.05, 0) is 42.5 Å². The standard InChI is InChI=1S/C16H20N2S/c1-10-13-8-18(9-19)14-6-2-4-11(15(13)14)12-5-3-7-17-16(10)12/h2,4,6,8,10,12,16-17,19H,3,5,7,9H2,1H3. The van der Waals surface area contributed by atoms with Crippen molar-refractivity contribution in [2.75, 3.05) is 6.54 Å². The quantitative estimate of drug-likeness (QED) is 0.760. The predicted molar refractivity (Wildman–Crippen MR) is 83.1 cm³/mol. The average molecular weight is 272 g/mol. The maximum atomic E-state index is 4.47. The Kier molecular flexibility index (Phi) is 2.68. The molecule has 1 aromatic heterocycles. The van der Waals surface area contributed by atoms with Crippen LogP contribution in [0, 0.1) is 0 Å². The van der Waals surface area contributed by atoms with E-state index in [0.717, 1.165) is 5.88 Å². The average Bonchev–Trinajstić information content (AvgIpc) is 2.85. The van der Waals surface area contributed by atoms with Crippen LogP contribution in [-0.4, -0.2) is 17.2 Å². The van der Waals surface area contributed by atoms with Crippen molar-refractivity contribution < 1.29 is 0 Å². The van der Waals surface area contributed by atoms with Crippen LogP contribution in [0.5, 0.6) is 0 Å². The van der Waals surface area contributed by atoms with Crippen molar-refractivity contribution in [3.8, 4) is 0 Å². The summed E-state index contributed by atoms with van der Waals surface area (Å²) in [5, 5.41) is 5.26. The van der Waals surface area contributed by atoms with E-state index in [1.54, 1.807) is 5.56 Å². The van der Waals surface area contributed by atoms with Gasteiger partial charge in [-0.3, -0.25) is 0 Å². The van der Waals surface area contributed by atoms with Crippen molar-refractivity contribution >= 4 is 23.5 Å². The van der Waals surface area contributed by atoms with Crippen LogP contribution in [0.15, 0.2) is 24.4 Å². The van der Waals surface area contributed by atoms with E-state index in [0.29, 0.717) is 17.9 Å². The number of fused-ring (bicyclic) bond motifs is 2. The normalized spacial score (nSPS) is 29.5. The molecule has 2 aromatic rings. The Morgan fingerprint density at radius 3 is 3.11 bits per heavy atom. The summed E-state index contributed by atoms with van der Waals surface area (Å²) in [6, 6.07) is 7.40. The molecule has 0 radical (unpaired) electrons. The zero-order valence-electron chi connectivity index (χ0n) is 11.3. The van der Waals surface area contributed by atoms with E-state index in [1.165, 1.54) is 35.9 Å². The highest BCUT2D eigenvalue weighted by molar-refractivity contribution is 7.79. The smallest absolute Gasteiger partial charge is 0.0653 e. The second-order valence-corrected chi connectivity index (χ2v) is 6.24. The van der Waals surface area contributed by atoms with Crippen LogP contribution < -0.4 is 5.32 Å². The van der Waals surface area contributed by atoms with Gasteiger partial charge in [-0.25, -0.2) is 0 Å². The van der Waals surface area contributed by atoms with Crippen molar-refractivity contribution in [1.29, 1.82) is 0 Å². The first kappa shape index (κ1) is 11.9. The van der Waals surface area contributed by atoms with Gasteiger partial charge in [-0.15, -0.1) is 0 Å². The molecule has 100 valence electrons. The number of nitrogens with one attached hydrogen (secondary N) is 1.